The number of carboxylic acids is 1. The zero-order chi connectivity index (χ0) is 21.4. The molecule has 1 fully saturated rings. The van der Waals surface area contributed by atoms with Gasteiger partial charge in [-0.2, -0.15) is 0 Å². The summed E-state index contributed by atoms with van der Waals surface area (Å²) in [6.45, 7) is 7.64. The van der Waals surface area contributed by atoms with Crippen molar-refractivity contribution in [3.8, 4) is 11.5 Å². The van der Waals surface area contributed by atoms with E-state index in [1.54, 1.807) is 6.08 Å². The number of carbonyl (C=O) groups excluding carboxylic acids is 1. The van der Waals surface area contributed by atoms with Gasteiger partial charge in [-0.25, -0.2) is 0 Å². The van der Waals surface area contributed by atoms with E-state index < -0.39 is 5.97 Å². The van der Waals surface area contributed by atoms with Gasteiger partial charge >= 0.3 is 5.97 Å². The standard InChI is InChI=1S/C21H27NO5S2/c1-4-26-17-12-15(7-8-16(17)27-11-9-14(2)3)13-18-20(25)22(21(28)29-18)10-5-6-19(23)24/h7-8,12-14H,4-6,9-11H2,1-3H3,(H,23,24)/b18-13+. The predicted octanol–water partition coefficient (Wildman–Crippen LogP) is 4.58. The molecule has 0 unspecified atom stereocenters. The quantitative estimate of drug-likeness (QED) is 0.401. The molecule has 1 aliphatic rings. The lowest BCUT2D eigenvalue weighted by molar-refractivity contribution is -0.137. The molecule has 0 aliphatic carbocycles. The maximum absolute atomic E-state index is 12.6. The molecule has 8 heteroatoms. The molecule has 0 aromatic heterocycles. The molecular formula is C21H27NO5S2. The van der Waals surface area contributed by atoms with Crippen molar-refractivity contribution in [3.05, 3.63) is 28.7 Å². The molecule has 1 amide bonds. The van der Waals surface area contributed by atoms with Crippen molar-refractivity contribution in [3.63, 3.8) is 0 Å². The zero-order valence-electron chi connectivity index (χ0n) is 17.0. The number of hydrogen-bond acceptors (Lipinski definition) is 6. The highest BCUT2D eigenvalue weighted by molar-refractivity contribution is 8.26. The Kier molecular flexibility index (Phi) is 8.98. The Bertz CT molecular complexity index is 791. The van der Waals surface area contributed by atoms with Crippen molar-refractivity contribution in [1.29, 1.82) is 0 Å². The van der Waals surface area contributed by atoms with Gasteiger partial charge in [0.1, 0.15) is 4.32 Å². The third-order valence-electron chi connectivity index (χ3n) is 4.16. The average Bonchev–Trinajstić information content (AvgIpc) is 2.90. The SMILES string of the molecule is CCOc1cc(/C=C2/SC(=S)N(CCCC(=O)O)C2=O)ccc1OCCC(C)C. The minimum Gasteiger partial charge on any atom is -0.490 e. The number of benzene rings is 1. The molecule has 158 valence electrons. The van der Waals surface area contributed by atoms with E-state index in [0.717, 1.165) is 12.0 Å². The van der Waals surface area contributed by atoms with Crippen LogP contribution >= 0.6 is 24.0 Å². The first-order valence-electron chi connectivity index (χ1n) is 9.68. The Morgan fingerprint density at radius 3 is 2.72 bits per heavy atom. The Morgan fingerprint density at radius 2 is 2.07 bits per heavy atom. The lowest BCUT2D eigenvalue weighted by atomic mass is 10.1. The second-order valence-corrected chi connectivity index (χ2v) is 8.68. The summed E-state index contributed by atoms with van der Waals surface area (Å²) in [5, 5.41) is 8.76. The molecule has 1 aromatic carbocycles. The summed E-state index contributed by atoms with van der Waals surface area (Å²) in [4.78, 5) is 25.3. The summed E-state index contributed by atoms with van der Waals surface area (Å²) in [7, 11) is 0. The van der Waals surface area contributed by atoms with E-state index >= 15 is 0 Å². The van der Waals surface area contributed by atoms with Crippen LogP contribution in [0, 0.1) is 5.92 Å². The molecule has 29 heavy (non-hydrogen) atoms. The first kappa shape index (κ1) is 23.2. The first-order valence-corrected chi connectivity index (χ1v) is 10.9. The van der Waals surface area contributed by atoms with Crippen molar-refractivity contribution in [2.45, 2.75) is 40.0 Å². The van der Waals surface area contributed by atoms with Crippen molar-refractivity contribution < 1.29 is 24.2 Å². The number of ether oxygens (including phenoxy) is 2. The maximum atomic E-state index is 12.6. The van der Waals surface area contributed by atoms with Gasteiger partial charge in [0.25, 0.3) is 5.91 Å². The van der Waals surface area contributed by atoms with Gasteiger partial charge in [0.05, 0.1) is 18.1 Å². The number of thioether (sulfide) groups is 1. The normalized spacial score (nSPS) is 15.4. The number of thiocarbonyl (C=S) groups is 1. The van der Waals surface area contributed by atoms with Crippen LogP contribution < -0.4 is 9.47 Å². The summed E-state index contributed by atoms with van der Waals surface area (Å²) in [5.41, 5.74) is 0.815. The lowest BCUT2D eigenvalue weighted by Crippen LogP contribution is -2.29. The largest absolute Gasteiger partial charge is 0.490 e. The van der Waals surface area contributed by atoms with Crippen LogP contribution in [0.15, 0.2) is 23.1 Å². The van der Waals surface area contributed by atoms with Crippen molar-refractivity contribution in [1.82, 2.24) is 4.90 Å². The van der Waals surface area contributed by atoms with Gasteiger partial charge in [-0.15, -0.1) is 0 Å². The fourth-order valence-electron chi connectivity index (χ4n) is 2.64. The smallest absolute Gasteiger partial charge is 0.303 e. The van der Waals surface area contributed by atoms with Gasteiger partial charge in [-0.1, -0.05) is 43.9 Å². The number of carboxylic acid groups (broad SMARTS) is 1. The molecule has 1 N–H and O–H groups in total. The maximum Gasteiger partial charge on any atom is 0.303 e. The van der Waals surface area contributed by atoms with E-state index in [-0.39, 0.29) is 12.3 Å². The molecule has 1 aromatic rings. The van der Waals surface area contributed by atoms with Crippen molar-refractivity contribution in [2.24, 2.45) is 5.92 Å². The third kappa shape index (κ3) is 7.04. The number of rotatable bonds is 11. The zero-order valence-corrected chi connectivity index (χ0v) is 18.6. The molecule has 1 aliphatic heterocycles. The molecule has 1 heterocycles. The number of amides is 1. The number of nitrogens with zero attached hydrogens (tertiary/aromatic N) is 1. The highest BCUT2D eigenvalue weighted by Crippen LogP contribution is 2.35. The molecule has 0 bridgehead atoms. The third-order valence-corrected chi connectivity index (χ3v) is 5.54. The molecule has 6 nitrogen and oxygen atoms in total. The molecule has 0 saturated carbocycles. The minimum atomic E-state index is -0.884. The van der Waals surface area contributed by atoms with E-state index in [1.807, 2.05) is 25.1 Å². The number of carbonyl (C=O) groups is 2. The van der Waals surface area contributed by atoms with Crippen LogP contribution in [0.3, 0.4) is 0 Å². The van der Waals surface area contributed by atoms with Gasteiger partial charge in [0, 0.05) is 13.0 Å². The molecule has 0 radical (unpaired) electrons. The molecular weight excluding hydrogens is 410 g/mol. The van der Waals surface area contributed by atoms with E-state index in [9.17, 15) is 9.59 Å². The van der Waals surface area contributed by atoms with E-state index in [1.165, 1.54) is 16.7 Å². The Labute approximate surface area is 181 Å². The molecule has 0 atom stereocenters. The fraction of sp³-hybridized carbons (Fsp3) is 0.476. The van der Waals surface area contributed by atoms with Crippen LogP contribution in [-0.4, -0.2) is 46.0 Å². The summed E-state index contributed by atoms with van der Waals surface area (Å²) in [6, 6.07) is 5.58. The van der Waals surface area contributed by atoms with Crippen LogP contribution in [-0.2, 0) is 9.59 Å². The fourth-order valence-corrected chi connectivity index (χ4v) is 3.95. The molecule has 1 saturated heterocycles. The monoisotopic (exact) mass is 437 g/mol. The number of aliphatic carboxylic acids is 1. The van der Waals surface area contributed by atoms with Crippen LogP contribution in [0.25, 0.3) is 6.08 Å². The summed E-state index contributed by atoms with van der Waals surface area (Å²) in [5.74, 6) is 0.806. The van der Waals surface area contributed by atoms with Gasteiger partial charge < -0.3 is 14.6 Å². The summed E-state index contributed by atoms with van der Waals surface area (Å²) >= 11 is 6.51. The lowest BCUT2D eigenvalue weighted by Gasteiger charge is -2.14. The van der Waals surface area contributed by atoms with Gasteiger partial charge in [0.15, 0.2) is 11.5 Å². The van der Waals surface area contributed by atoms with Gasteiger partial charge in [-0.3, -0.25) is 14.5 Å². The van der Waals surface area contributed by atoms with Crippen LogP contribution in [0.4, 0.5) is 0 Å². The summed E-state index contributed by atoms with van der Waals surface area (Å²) < 4.78 is 12.0. The van der Waals surface area contributed by atoms with Crippen molar-refractivity contribution >= 4 is 46.3 Å². The van der Waals surface area contributed by atoms with E-state index in [2.05, 4.69) is 13.8 Å². The van der Waals surface area contributed by atoms with Crippen LogP contribution in [0.2, 0.25) is 0 Å². The van der Waals surface area contributed by atoms with Crippen molar-refractivity contribution in [2.75, 3.05) is 19.8 Å². The summed E-state index contributed by atoms with van der Waals surface area (Å²) in [6.07, 6.45) is 3.10. The Morgan fingerprint density at radius 1 is 1.31 bits per heavy atom. The van der Waals surface area contributed by atoms with Gasteiger partial charge in [0.2, 0.25) is 0 Å². The molecule has 2 rings (SSSR count). The first-order chi connectivity index (χ1) is 13.8. The topological polar surface area (TPSA) is 76.1 Å². The predicted molar refractivity (Wildman–Crippen MR) is 119 cm³/mol. The second kappa shape index (κ2) is 11.2. The number of hydrogen-bond donors (Lipinski definition) is 1. The van der Waals surface area contributed by atoms with E-state index in [0.29, 0.717) is 52.8 Å². The van der Waals surface area contributed by atoms with Gasteiger partial charge in [-0.05, 0) is 49.5 Å². The Balaban J connectivity index is 2.12. The highest BCUT2D eigenvalue weighted by Gasteiger charge is 2.31. The van der Waals surface area contributed by atoms with Crippen LogP contribution in [0.1, 0.15) is 45.6 Å². The average molecular weight is 438 g/mol. The van der Waals surface area contributed by atoms with Crippen LogP contribution in [0.5, 0.6) is 11.5 Å². The molecule has 0 spiro atoms. The Hall–Kier alpha value is -2.06. The van der Waals surface area contributed by atoms with E-state index in [4.69, 9.17) is 26.8 Å². The second-order valence-electron chi connectivity index (χ2n) is 7.00. The minimum absolute atomic E-state index is 0.00605. The highest BCUT2D eigenvalue weighted by atomic mass is 32.2.